The summed E-state index contributed by atoms with van der Waals surface area (Å²) < 4.78 is 0. The molecule has 0 radical (unpaired) electrons. The normalized spacial score (nSPS) is 14.2. The van der Waals surface area contributed by atoms with Gasteiger partial charge in [0.05, 0.1) is 6.54 Å². The van der Waals surface area contributed by atoms with Crippen molar-refractivity contribution >= 4 is 23.4 Å². The lowest BCUT2D eigenvalue weighted by molar-refractivity contribution is -0.120. The van der Waals surface area contributed by atoms with Gasteiger partial charge in [-0.2, -0.15) is 0 Å². The molecule has 1 heterocycles. The number of hydrogen-bond donors (Lipinski definition) is 2. The van der Waals surface area contributed by atoms with Crippen molar-refractivity contribution in [3.8, 4) is 0 Å². The van der Waals surface area contributed by atoms with Crippen LogP contribution in [-0.4, -0.2) is 29.4 Å². The molecule has 1 saturated carbocycles. The second-order valence-corrected chi connectivity index (χ2v) is 4.28. The van der Waals surface area contributed by atoms with Gasteiger partial charge in [0, 0.05) is 17.8 Å². The van der Waals surface area contributed by atoms with Crippen LogP contribution in [0.15, 0.2) is 18.3 Å². The number of pyridine rings is 1. The van der Waals surface area contributed by atoms with E-state index in [1.165, 1.54) is 12.3 Å². The molecule has 2 rings (SSSR count). The minimum absolute atomic E-state index is 0.0186. The van der Waals surface area contributed by atoms with E-state index in [1.54, 1.807) is 6.07 Å². The number of nitrogens with one attached hydrogen (secondary N) is 2. The van der Waals surface area contributed by atoms with E-state index in [-0.39, 0.29) is 23.5 Å². The minimum atomic E-state index is -0.333. The highest BCUT2D eigenvalue weighted by molar-refractivity contribution is 6.29. The van der Waals surface area contributed by atoms with E-state index in [4.69, 9.17) is 11.6 Å². The fraction of sp³-hybridized carbons (Fsp3) is 0.364. The molecule has 0 aromatic carbocycles. The summed E-state index contributed by atoms with van der Waals surface area (Å²) in [6, 6.07) is 3.30. The summed E-state index contributed by atoms with van der Waals surface area (Å²) in [5.41, 5.74) is 0.393. The third-order valence-electron chi connectivity index (χ3n) is 2.34. The van der Waals surface area contributed by atoms with E-state index >= 15 is 0 Å². The van der Waals surface area contributed by atoms with Gasteiger partial charge in [0.15, 0.2) is 0 Å². The van der Waals surface area contributed by atoms with Gasteiger partial charge >= 0.3 is 0 Å². The summed E-state index contributed by atoms with van der Waals surface area (Å²) in [6.45, 7) is -0.0186. The smallest absolute Gasteiger partial charge is 0.251 e. The number of aromatic nitrogens is 1. The Morgan fingerprint density at radius 1 is 1.47 bits per heavy atom. The number of carbonyl (C=O) groups excluding carboxylic acids is 2. The lowest BCUT2D eigenvalue weighted by atomic mass is 10.2. The first kappa shape index (κ1) is 11.9. The maximum absolute atomic E-state index is 11.6. The molecule has 90 valence electrons. The first-order valence-corrected chi connectivity index (χ1v) is 5.72. The second-order valence-electron chi connectivity index (χ2n) is 3.89. The van der Waals surface area contributed by atoms with Crippen LogP contribution in [0, 0.1) is 0 Å². The topological polar surface area (TPSA) is 71.1 Å². The molecule has 5 nitrogen and oxygen atoms in total. The lowest BCUT2D eigenvalue weighted by Crippen LogP contribution is -2.37. The Kier molecular flexibility index (Phi) is 3.58. The van der Waals surface area contributed by atoms with Crippen LogP contribution in [0.4, 0.5) is 0 Å². The Balaban J connectivity index is 1.82. The van der Waals surface area contributed by atoms with Crippen molar-refractivity contribution in [1.29, 1.82) is 0 Å². The minimum Gasteiger partial charge on any atom is -0.352 e. The summed E-state index contributed by atoms with van der Waals surface area (Å²) in [4.78, 5) is 26.7. The number of rotatable bonds is 4. The van der Waals surface area contributed by atoms with E-state index < -0.39 is 0 Å². The molecule has 0 saturated heterocycles. The SMILES string of the molecule is O=C(CNC(=O)c1ccnc(Cl)c1)NC1CC1. The van der Waals surface area contributed by atoms with Crippen LogP contribution in [0.3, 0.4) is 0 Å². The first-order chi connectivity index (χ1) is 8.15. The zero-order valence-corrected chi connectivity index (χ0v) is 9.83. The Morgan fingerprint density at radius 3 is 2.88 bits per heavy atom. The van der Waals surface area contributed by atoms with Crippen LogP contribution in [0.5, 0.6) is 0 Å². The molecule has 2 amide bonds. The summed E-state index contributed by atoms with van der Waals surface area (Å²) in [5, 5.41) is 5.55. The molecule has 0 atom stereocenters. The number of nitrogens with zero attached hydrogens (tertiary/aromatic N) is 1. The number of hydrogen-bond acceptors (Lipinski definition) is 3. The van der Waals surface area contributed by atoms with Crippen molar-refractivity contribution in [2.45, 2.75) is 18.9 Å². The van der Waals surface area contributed by atoms with Crippen molar-refractivity contribution in [2.75, 3.05) is 6.54 Å². The van der Waals surface area contributed by atoms with Gasteiger partial charge < -0.3 is 10.6 Å². The average Bonchev–Trinajstić information content (AvgIpc) is 3.10. The summed E-state index contributed by atoms with van der Waals surface area (Å²) in [5.74, 6) is -0.499. The highest BCUT2D eigenvalue weighted by Gasteiger charge is 2.23. The van der Waals surface area contributed by atoms with E-state index in [0.29, 0.717) is 11.6 Å². The Labute approximate surface area is 104 Å². The van der Waals surface area contributed by atoms with Gasteiger partial charge in [-0.25, -0.2) is 4.98 Å². The first-order valence-electron chi connectivity index (χ1n) is 5.34. The molecule has 0 spiro atoms. The quantitative estimate of drug-likeness (QED) is 0.778. The number of halogens is 1. The Morgan fingerprint density at radius 2 is 2.24 bits per heavy atom. The predicted molar refractivity (Wildman–Crippen MR) is 62.7 cm³/mol. The van der Waals surface area contributed by atoms with Gasteiger partial charge in [-0.05, 0) is 25.0 Å². The van der Waals surface area contributed by atoms with Crippen LogP contribution in [0.2, 0.25) is 5.15 Å². The lowest BCUT2D eigenvalue weighted by Gasteiger charge is -2.05. The van der Waals surface area contributed by atoms with E-state index in [2.05, 4.69) is 15.6 Å². The van der Waals surface area contributed by atoms with Crippen molar-refractivity contribution in [3.63, 3.8) is 0 Å². The molecule has 1 aliphatic carbocycles. The third kappa shape index (κ3) is 3.71. The fourth-order valence-corrected chi connectivity index (χ4v) is 1.49. The largest absolute Gasteiger partial charge is 0.352 e. The molecule has 17 heavy (non-hydrogen) atoms. The summed E-state index contributed by atoms with van der Waals surface area (Å²) in [6.07, 6.45) is 3.50. The van der Waals surface area contributed by atoms with Gasteiger partial charge in [-0.3, -0.25) is 9.59 Å². The molecule has 1 aliphatic rings. The standard InChI is InChI=1S/C11H12ClN3O2/c12-9-5-7(3-4-13-9)11(17)14-6-10(16)15-8-1-2-8/h3-5,8H,1-2,6H2,(H,14,17)(H,15,16). The van der Waals surface area contributed by atoms with Crippen molar-refractivity contribution < 1.29 is 9.59 Å². The predicted octanol–water partition coefficient (Wildman–Crippen LogP) is 0.743. The summed E-state index contributed by atoms with van der Waals surface area (Å²) >= 11 is 5.66. The van der Waals surface area contributed by atoms with Crippen molar-refractivity contribution in [2.24, 2.45) is 0 Å². The van der Waals surface area contributed by atoms with Gasteiger partial charge in [0.25, 0.3) is 5.91 Å². The maximum Gasteiger partial charge on any atom is 0.251 e. The van der Waals surface area contributed by atoms with Crippen LogP contribution < -0.4 is 10.6 Å². The molecule has 0 unspecified atom stereocenters. The van der Waals surface area contributed by atoms with E-state index in [1.807, 2.05) is 0 Å². The second kappa shape index (κ2) is 5.14. The van der Waals surface area contributed by atoms with Crippen LogP contribution >= 0.6 is 11.6 Å². The van der Waals surface area contributed by atoms with Crippen LogP contribution in [0.25, 0.3) is 0 Å². The van der Waals surface area contributed by atoms with Gasteiger partial charge in [-0.15, -0.1) is 0 Å². The zero-order valence-electron chi connectivity index (χ0n) is 9.07. The Hall–Kier alpha value is -1.62. The molecule has 2 N–H and O–H groups in total. The monoisotopic (exact) mass is 253 g/mol. The molecule has 1 fully saturated rings. The highest BCUT2D eigenvalue weighted by Crippen LogP contribution is 2.18. The highest BCUT2D eigenvalue weighted by atomic mass is 35.5. The van der Waals surface area contributed by atoms with Crippen molar-refractivity contribution in [3.05, 3.63) is 29.0 Å². The van der Waals surface area contributed by atoms with E-state index in [9.17, 15) is 9.59 Å². The Bertz CT molecular complexity index is 446. The molecular weight excluding hydrogens is 242 g/mol. The zero-order chi connectivity index (χ0) is 12.3. The van der Waals surface area contributed by atoms with Gasteiger partial charge in [-0.1, -0.05) is 11.6 Å². The fourth-order valence-electron chi connectivity index (χ4n) is 1.31. The molecule has 1 aromatic heterocycles. The van der Waals surface area contributed by atoms with Crippen LogP contribution in [-0.2, 0) is 4.79 Å². The van der Waals surface area contributed by atoms with Gasteiger partial charge in [0.2, 0.25) is 5.91 Å². The average molecular weight is 254 g/mol. The van der Waals surface area contributed by atoms with E-state index in [0.717, 1.165) is 12.8 Å². The molecule has 0 aliphatic heterocycles. The molecule has 1 aromatic rings. The molecule has 6 heteroatoms. The third-order valence-corrected chi connectivity index (χ3v) is 2.55. The summed E-state index contributed by atoms with van der Waals surface area (Å²) in [7, 11) is 0. The van der Waals surface area contributed by atoms with Gasteiger partial charge in [0.1, 0.15) is 5.15 Å². The number of amides is 2. The van der Waals surface area contributed by atoms with Crippen LogP contribution in [0.1, 0.15) is 23.2 Å². The van der Waals surface area contributed by atoms with Crippen molar-refractivity contribution in [1.82, 2.24) is 15.6 Å². The molecular formula is C11H12ClN3O2. The molecule has 0 bridgehead atoms. The maximum atomic E-state index is 11.6. The number of carbonyl (C=O) groups is 2.